The molecule has 1 saturated carbocycles. The third-order valence-corrected chi connectivity index (χ3v) is 6.71. The highest BCUT2D eigenvalue weighted by Gasteiger charge is 2.62. The number of ether oxygens (including phenoxy) is 1. The molecule has 3 fully saturated rings. The Morgan fingerprint density at radius 1 is 1.13 bits per heavy atom. The van der Waals surface area contributed by atoms with E-state index in [0.717, 1.165) is 51.7 Å². The molecule has 2 heterocycles. The highest BCUT2D eigenvalue weighted by Crippen LogP contribution is 2.45. The molecule has 0 N–H and O–H groups in total. The van der Waals surface area contributed by atoms with Crippen molar-refractivity contribution >= 4 is 11.8 Å². The van der Waals surface area contributed by atoms with Gasteiger partial charge in [-0.15, -0.1) is 6.58 Å². The summed E-state index contributed by atoms with van der Waals surface area (Å²) in [7, 11) is 0. The number of piperazine rings is 1. The molecule has 1 aromatic carbocycles. The van der Waals surface area contributed by atoms with Gasteiger partial charge in [0, 0.05) is 32.7 Å². The standard InChI is InChI=1S/C23H30FN3O3/c1-2-12-25-13-15-26(16-14-25)20(28)17-27-22(29)21(23(27)10-4-3-5-11-23)30-19-8-6-18(24)7-9-19/h2,6-9,21H,1,3-5,10-17H2. The molecule has 7 heteroatoms. The molecule has 0 bridgehead atoms. The van der Waals surface area contributed by atoms with E-state index in [1.807, 2.05) is 11.0 Å². The zero-order valence-corrected chi connectivity index (χ0v) is 17.4. The molecule has 162 valence electrons. The SMILES string of the molecule is C=CCN1CCN(C(=O)CN2C(=O)C(Oc3ccc(F)cc3)C23CCCCC3)CC1. The van der Waals surface area contributed by atoms with Gasteiger partial charge in [0.05, 0.1) is 5.54 Å². The molecule has 1 aromatic rings. The Kier molecular flexibility index (Phi) is 6.09. The number of likely N-dealkylation sites (tertiary alicyclic amines) is 1. The van der Waals surface area contributed by atoms with Crippen molar-refractivity contribution in [3.63, 3.8) is 0 Å². The molecule has 2 amide bonds. The summed E-state index contributed by atoms with van der Waals surface area (Å²) >= 11 is 0. The molecule has 6 nitrogen and oxygen atoms in total. The summed E-state index contributed by atoms with van der Waals surface area (Å²) in [6.07, 6.45) is 6.12. The Hall–Kier alpha value is -2.41. The maximum atomic E-state index is 13.2. The zero-order valence-electron chi connectivity index (χ0n) is 17.4. The van der Waals surface area contributed by atoms with E-state index in [0.29, 0.717) is 18.8 Å². The Morgan fingerprint density at radius 2 is 1.80 bits per heavy atom. The third kappa shape index (κ3) is 3.95. The maximum absolute atomic E-state index is 13.2. The average Bonchev–Trinajstić information content (AvgIpc) is 2.78. The fraction of sp³-hybridized carbons (Fsp3) is 0.565. The lowest BCUT2D eigenvalue weighted by Crippen LogP contribution is -2.77. The molecule has 1 aliphatic carbocycles. The number of amides is 2. The lowest BCUT2D eigenvalue weighted by atomic mass is 9.70. The van der Waals surface area contributed by atoms with Crippen LogP contribution in [0, 0.1) is 5.82 Å². The van der Waals surface area contributed by atoms with Crippen molar-refractivity contribution in [3.8, 4) is 5.75 Å². The van der Waals surface area contributed by atoms with Gasteiger partial charge in [0.25, 0.3) is 5.91 Å². The van der Waals surface area contributed by atoms with Crippen LogP contribution in [0.15, 0.2) is 36.9 Å². The van der Waals surface area contributed by atoms with Gasteiger partial charge in [-0.2, -0.15) is 0 Å². The van der Waals surface area contributed by atoms with Gasteiger partial charge in [0.15, 0.2) is 6.10 Å². The summed E-state index contributed by atoms with van der Waals surface area (Å²) in [4.78, 5) is 31.8. The summed E-state index contributed by atoms with van der Waals surface area (Å²) < 4.78 is 19.2. The second-order valence-electron chi connectivity index (χ2n) is 8.51. The van der Waals surface area contributed by atoms with Crippen LogP contribution in [0.3, 0.4) is 0 Å². The quantitative estimate of drug-likeness (QED) is 0.529. The van der Waals surface area contributed by atoms with Crippen molar-refractivity contribution in [3.05, 3.63) is 42.7 Å². The van der Waals surface area contributed by atoms with Crippen molar-refractivity contribution in [2.24, 2.45) is 0 Å². The molecular weight excluding hydrogens is 385 g/mol. The predicted octanol–water partition coefficient (Wildman–Crippen LogP) is 2.45. The molecule has 1 atom stereocenters. The lowest BCUT2D eigenvalue weighted by molar-refractivity contribution is -0.189. The van der Waals surface area contributed by atoms with Crippen LogP contribution in [0.4, 0.5) is 4.39 Å². The van der Waals surface area contributed by atoms with Gasteiger partial charge in [-0.1, -0.05) is 25.3 Å². The van der Waals surface area contributed by atoms with Crippen LogP contribution in [-0.2, 0) is 9.59 Å². The normalized spacial score (nSPS) is 23.9. The largest absolute Gasteiger partial charge is 0.478 e. The molecule has 0 radical (unpaired) electrons. The topological polar surface area (TPSA) is 53.1 Å². The van der Waals surface area contributed by atoms with Crippen molar-refractivity contribution in [1.29, 1.82) is 0 Å². The number of nitrogens with zero attached hydrogens (tertiary/aromatic N) is 3. The highest BCUT2D eigenvalue weighted by atomic mass is 19.1. The van der Waals surface area contributed by atoms with Crippen molar-refractivity contribution in [2.75, 3.05) is 39.3 Å². The average molecular weight is 416 g/mol. The van der Waals surface area contributed by atoms with E-state index in [9.17, 15) is 14.0 Å². The van der Waals surface area contributed by atoms with Gasteiger partial charge in [0.1, 0.15) is 18.1 Å². The molecular formula is C23H30FN3O3. The molecule has 2 saturated heterocycles. The number of carbonyl (C=O) groups is 2. The summed E-state index contributed by atoms with van der Waals surface area (Å²) in [6, 6.07) is 5.77. The first-order valence-corrected chi connectivity index (χ1v) is 10.9. The van der Waals surface area contributed by atoms with Crippen LogP contribution in [0.1, 0.15) is 32.1 Å². The second-order valence-corrected chi connectivity index (χ2v) is 8.51. The van der Waals surface area contributed by atoms with Gasteiger partial charge in [-0.3, -0.25) is 14.5 Å². The minimum absolute atomic E-state index is 0.00628. The summed E-state index contributed by atoms with van der Waals surface area (Å²) in [6.45, 7) is 7.72. The number of hydrogen-bond acceptors (Lipinski definition) is 4. The van der Waals surface area contributed by atoms with Gasteiger partial charge in [-0.05, 0) is 37.1 Å². The Balaban J connectivity index is 1.42. The van der Waals surface area contributed by atoms with Crippen molar-refractivity contribution in [1.82, 2.24) is 14.7 Å². The van der Waals surface area contributed by atoms with Gasteiger partial charge in [0.2, 0.25) is 5.91 Å². The van der Waals surface area contributed by atoms with E-state index in [-0.39, 0.29) is 24.2 Å². The van der Waals surface area contributed by atoms with Gasteiger partial charge < -0.3 is 14.5 Å². The number of hydrogen-bond donors (Lipinski definition) is 0. The monoisotopic (exact) mass is 415 g/mol. The summed E-state index contributed by atoms with van der Waals surface area (Å²) in [5.74, 6) is 0.0192. The number of carbonyl (C=O) groups excluding carboxylic acids is 2. The van der Waals surface area contributed by atoms with E-state index in [1.165, 1.54) is 12.1 Å². The summed E-state index contributed by atoms with van der Waals surface area (Å²) in [5.41, 5.74) is -0.427. The number of benzene rings is 1. The van der Waals surface area contributed by atoms with Gasteiger partial charge >= 0.3 is 0 Å². The molecule has 0 aromatic heterocycles. The second kappa shape index (κ2) is 8.76. The number of β-lactam (4-membered cyclic amide) rings is 1. The van der Waals surface area contributed by atoms with E-state index >= 15 is 0 Å². The Bertz CT molecular complexity index is 783. The fourth-order valence-corrected chi connectivity index (χ4v) is 5.00. The van der Waals surface area contributed by atoms with Crippen LogP contribution in [0.25, 0.3) is 0 Å². The predicted molar refractivity (Wildman–Crippen MR) is 112 cm³/mol. The van der Waals surface area contributed by atoms with Crippen LogP contribution in [0.2, 0.25) is 0 Å². The van der Waals surface area contributed by atoms with E-state index in [2.05, 4.69) is 11.5 Å². The molecule has 3 aliphatic rings. The van der Waals surface area contributed by atoms with Gasteiger partial charge in [-0.25, -0.2) is 4.39 Å². The van der Waals surface area contributed by atoms with E-state index < -0.39 is 11.6 Å². The van der Waals surface area contributed by atoms with Crippen LogP contribution >= 0.6 is 0 Å². The Labute approximate surface area is 177 Å². The van der Waals surface area contributed by atoms with E-state index in [4.69, 9.17) is 4.74 Å². The minimum Gasteiger partial charge on any atom is -0.478 e. The lowest BCUT2D eigenvalue weighted by Gasteiger charge is -2.58. The Morgan fingerprint density at radius 3 is 2.43 bits per heavy atom. The first kappa shape index (κ1) is 20.8. The fourth-order valence-electron chi connectivity index (χ4n) is 5.00. The first-order chi connectivity index (χ1) is 14.5. The van der Waals surface area contributed by atoms with Crippen LogP contribution < -0.4 is 4.74 Å². The molecule has 30 heavy (non-hydrogen) atoms. The smallest absolute Gasteiger partial charge is 0.267 e. The zero-order chi connectivity index (χ0) is 21.1. The van der Waals surface area contributed by atoms with Crippen molar-refractivity contribution in [2.45, 2.75) is 43.7 Å². The third-order valence-electron chi connectivity index (χ3n) is 6.71. The minimum atomic E-state index is -0.597. The van der Waals surface area contributed by atoms with Crippen LogP contribution in [0.5, 0.6) is 5.75 Å². The first-order valence-electron chi connectivity index (χ1n) is 10.9. The summed E-state index contributed by atoms with van der Waals surface area (Å²) in [5, 5.41) is 0. The highest BCUT2D eigenvalue weighted by molar-refractivity contribution is 5.94. The molecule has 1 spiro atoms. The van der Waals surface area contributed by atoms with Crippen LogP contribution in [-0.4, -0.2) is 77.4 Å². The number of halogens is 1. The molecule has 1 unspecified atom stereocenters. The molecule has 2 aliphatic heterocycles. The van der Waals surface area contributed by atoms with E-state index in [1.54, 1.807) is 17.0 Å². The van der Waals surface area contributed by atoms with Crippen molar-refractivity contribution < 1.29 is 18.7 Å². The number of rotatable bonds is 6. The maximum Gasteiger partial charge on any atom is 0.267 e. The molecule has 4 rings (SSSR count).